The highest BCUT2D eigenvalue weighted by Gasteiger charge is 2.12. The van der Waals surface area contributed by atoms with Crippen molar-refractivity contribution in [1.82, 2.24) is 0 Å². The van der Waals surface area contributed by atoms with E-state index >= 15 is 0 Å². The second kappa shape index (κ2) is 5.98. The molecule has 100 valence electrons. The van der Waals surface area contributed by atoms with Crippen LogP contribution >= 0.6 is 0 Å². The largest absolute Gasteiger partial charge is 0.320 e. The van der Waals surface area contributed by atoms with Crippen LogP contribution in [0.5, 0.6) is 0 Å². The summed E-state index contributed by atoms with van der Waals surface area (Å²) in [6.45, 7) is 4.04. The third-order valence-corrected chi connectivity index (χ3v) is 3.03. The number of hydrogen-bond acceptors (Lipinski definition) is 2. The van der Waals surface area contributed by atoms with E-state index in [1.165, 1.54) is 0 Å². The van der Waals surface area contributed by atoms with Gasteiger partial charge in [-0.2, -0.15) is 9.83 Å². The van der Waals surface area contributed by atoms with Crippen LogP contribution in [-0.4, -0.2) is 5.91 Å². The molecular formula is C16H16N3O+. The number of nitriles is 1. The molecule has 2 aromatic rings. The molecule has 1 aromatic carbocycles. The standard InChI is InChI=1S/C16H15N3O/c1-12-8-14(10-17)9-13(2)16(12)18-15(20)11-19-6-4-3-5-7-19/h3-9H,11H2,1-2H3/p+1. The van der Waals surface area contributed by atoms with Crippen molar-refractivity contribution in [2.45, 2.75) is 20.4 Å². The molecule has 0 radical (unpaired) electrons. The Kier molecular flexibility index (Phi) is 4.11. The van der Waals surface area contributed by atoms with Gasteiger partial charge in [0.15, 0.2) is 12.4 Å². The van der Waals surface area contributed by atoms with Gasteiger partial charge in [0.2, 0.25) is 6.54 Å². The number of rotatable bonds is 3. The summed E-state index contributed by atoms with van der Waals surface area (Å²) in [6.07, 6.45) is 3.69. The number of nitrogens with one attached hydrogen (secondary N) is 1. The monoisotopic (exact) mass is 266 g/mol. The zero-order valence-electron chi connectivity index (χ0n) is 11.6. The van der Waals surface area contributed by atoms with Crippen molar-refractivity contribution in [3.63, 3.8) is 0 Å². The molecule has 0 atom stereocenters. The average molecular weight is 266 g/mol. The van der Waals surface area contributed by atoms with Crippen LogP contribution in [0, 0.1) is 25.2 Å². The Bertz CT molecular complexity index is 649. The molecule has 0 fully saturated rings. The summed E-state index contributed by atoms with van der Waals surface area (Å²) in [7, 11) is 0. The molecule has 4 nitrogen and oxygen atoms in total. The highest BCUT2D eigenvalue weighted by Crippen LogP contribution is 2.21. The lowest BCUT2D eigenvalue weighted by Gasteiger charge is -2.11. The normalized spacial score (nSPS) is 9.85. The van der Waals surface area contributed by atoms with Gasteiger partial charge in [-0.05, 0) is 37.1 Å². The zero-order valence-corrected chi connectivity index (χ0v) is 11.6. The quantitative estimate of drug-likeness (QED) is 0.865. The van der Waals surface area contributed by atoms with Crippen molar-refractivity contribution in [3.8, 4) is 6.07 Å². The van der Waals surface area contributed by atoms with Crippen LogP contribution < -0.4 is 9.88 Å². The second-order valence-corrected chi connectivity index (χ2v) is 4.69. The second-order valence-electron chi connectivity index (χ2n) is 4.69. The summed E-state index contributed by atoms with van der Waals surface area (Å²) in [6, 6.07) is 11.3. The average Bonchev–Trinajstić information content (AvgIpc) is 2.43. The molecule has 0 bridgehead atoms. The first-order valence-corrected chi connectivity index (χ1v) is 6.35. The predicted molar refractivity (Wildman–Crippen MR) is 75.9 cm³/mol. The SMILES string of the molecule is Cc1cc(C#N)cc(C)c1NC(=O)C[n+]1ccccc1. The van der Waals surface area contributed by atoms with Gasteiger partial charge in [-0.15, -0.1) is 0 Å². The van der Waals surface area contributed by atoms with Gasteiger partial charge in [0.25, 0.3) is 5.91 Å². The predicted octanol–water partition coefficient (Wildman–Crippen LogP) is 2.10. The molecule has 1 aromatic heterocycles. The van der Waals surface area contributed by atoms with Crippen LogP contribution in [0.25, 0.3) is 0 Å². The fourth-order valence-corrected chi connectivity index (χ4v) is 2.11. The molecular weight excluding hydrogens is 250 g/mol. The van der Waals surface area contributed by atoms with Crippen molar-refractivity contribution in [3.05, 3.63) is 59.4 Å². The highest BCUT2D eigenvalue weighted by atomic mass is 16.1. The van der Waals surface area contributed by atoms with E-state index in [4.69, 9.17) is 5.26 Å². The number of amides is 1. The first-order valence-electron chi connectivity index (χ1n) is 6.35. The van der Waals surface area contributed by atoms with Crippen LogP contribution in [0.3, 0.4) is 0 Å². The molecule has 0 saturated heterocycles. The summed E-state index contributed by atoms with van der Waals surface area (Å²) in [4.78, 5) is 12.0. The van der Waals surface area contributed by atoms with Gasteiger partial charge in [-0.1, -0.05) is 6.07 Å². The number of aryl methyl sites for hydroxylation is 2. The maximum Gasteiger partial charge on any atom is 0.290 e. The lowest BCUT2D eigenvalue weighted by atomic mass is 10.0. The van der Waals surface area contributed by atoms with Crippen molar-refractivity contribution >= 4 is 11.6 Å². The third kappa shape index (κ3) is 3.21. The van der Waals surface area contributed by atoms with Gasteiger partial charge >= 0.3 is 0 Å². The van der Waals surface area contributed by atoms with Crippen molar-refractivity contribution in [1.29, 1.82) is 5.26 Å². The summed E-state index contributed by atoms with van der Waals surface area (Å²) >= 11 is 0. The van der Waals surface area contributed by atoms with Crippen molar-refractivity contribution in [2.24, 2.45) is 0 Å². The minimum atomic E-state index is -0.0860. The van der Waals surface area contributed by atoms with Crippen LogP contribution in [0.2, 0.25) is 0 Å². The number of nitrogens with zero attached hydrogens (tertiary/aromatic N) is 2. The molecule has 1 amide bonds. The Morgan fingerprint density at radius 2 is 1.80 bits per heavy atom. The number of aromatic nitrogens is 1. The number of carbonyl (C=O) groups excluding carboxylic acids is 1. The van der Waals surface area contributed by atoms with Crippen molar-refractivity contribution < 1.29 is 9.36 Å². The first kappa shape index (κ1) is 13.8. The molecule has 0 saturated carbocycles. The van der Waals surface area contributed by atoms with Crippen LogP contribution in [0.15, 0.2) is 42.7 Å². The van der Waals surface area contributed by atoms with E-state index in [1.807, 2.05) is 49.0 Å². The minimum Gasteiger partial charge on any atom is -0.320 e. The summed E-state index contributed by atoms with van der Waals surface area (Å²) in [5.74, 6) is -0.0860. The molecule has 0 aliphatic rings. The fraction of sp³-hybridized carbons (Fsp3) is 0.188. The van der Waals surface area contributed by atoms with E-state index in [0.29, 0.717) is 5.56 Å². The lowest BCUT2D eigenvalue weighted by molar-refractivity contribution is -0.684. The summed E-state index contributed by atoms with van der Waals surface area (Å²) in [5.41, 5.74) is 3.18. The van der Waals surface area contributed by atoms with E-state index in [2.05, 4.69) is 11.4 Å². The molecule has 0 aliphatic heterocycles. The first-order chi connectivity index (χ1) is 9.60. The van der Waals surface area contributed by atoms with Crippen LogP contribution in [-0.2, 0) is 11.3 Å². The van der Waals surface area contributed by atoms with Gasteiger partial charge in [0.1, 0.15) is 0 Å². The van der Waals surface area contributed by atoms with E-state index in [-0.39, 0.29) is 12.5 Å². The molecule has 20 heavy (non-hydrogen) atoms. The Balaban J connectivity index is 2.15. The van der Waals surface area contributed by atoms with Gasteiger partial charge in [0.05, 0.1) is 11.6 Å². The van der Waals surface area contributed by atoms with Gasteiger partial charge in [-0.3, -0.25) is 4.79 Å². The topological polar surface area (TPSA) is 56.8 Å². The minimum absolute atomic E-state index is 0.0860. The van der Waals surface area contributed by atoms with E-state index in [0.717, 1.165) is 16.8 Å². The Morgan fingerprint density at radius 3 is 2.35 bits per heavy atom. The number of pyridine rings is 1. The van der Waals surface area contributed by atoms with Crippen molar-refractivity contribution in [2.75, 3.05) is 5.32 Å². The van der Waals surface area contributed by atoms with Gasteiger partial charge in [0, 0.05) is 17.8 Å². The molecule has 0 spiro atoms. The maximum atomic E-state index is 12.0. The smallest absolute Gasteiger partial charge is 0.290 e. The number of anilines is 1. The summed E-state index contributed by atoms with van der Waals surface area (Å²) in [5, 5.41) is 11.8. The summed E-state index contributed by atoms with van der Waals surface area (Å²) < 4.78 is 1.81. The lowest BCUT2D eigenvalue weighted by Crippen LogP contribution is -2.39. The maximum absolute atomic E-state index is 12.0. The Labute approximate surface area is 118 Å². The molecule has 4 heteroatoms. The number of carbonyl (C=O) groups is 1. The van der Waals surface area contributed by atoms with Crippen LogP contribution in [0.4, 0.5) is 5.69 Å². The van der Waals surface area contributed by atoms with E-state index < -0.39 is 0 Å². The van der Waals surface area contributed by atoms with Crippen LogP contribution in [0.1, 0.15) is 16.7 Å². The van der Waals surface area contributed by atoms with E-state index in [9.17, 15) is 4.79 Å². The number of hydrogen-bond donors (Lipinski definition) is 1. The molecule has 1 N–H and O–H groups in total. The Morgan fingerprint density at radius 1 is 1.20 bits per heavy atom. The highest BCUT2D eigenvalue weighted by molar-refractivity contribution is 5.91. The third-order valence-electron chi connectivity index (χ3n) is 3.03. The molecule has 1 heterocycles. The molecule has 0 aliphatic carbocycles. The van der Waals surface area contributed by atoms with Gasteiger partial charge < -0.3 is 5.32 Å². The van der Waals surface area contributed by atoms with E-state index in [1.54, 1.807) is 12.1 Å². The fourth-order valence-electron chi connectivity index (χ4n) is 2.11. The molecule has 0 unspecified atom stereocenters. The zero-order chi connectivity index (χ0) is 14.5. The Hall–Kier alpha value is -2.67. The molecule has 2 rings (SSSR count). The van der Waals surface area contributed by atoms with Gasteiger partial charge in [-0.25, -0.2) is 0 Å². The number of benzene rings is 1.